The maximum absolute atomic E-state index is 6.17. The zero-order chi connectivity index (χ0) is 13.0. The summed E-state index contributed by atoms with van der Waals surface area (Å²) in [6, 6.07) is 12.8. The molecular weight excluding hydrogens is 222 g/mol. The number of rotatable bonds is 5. The topological polar surface area (TPSA) is 43.8 Å². The molecular formula is C15H21N3. The van der Waals surface area contributed by atoms with Crippen LogP contribution in [0.1, 0.15) is 43.6 Å². The van der Waals surface area contributed by atoms with E-state index in [0.29, 0.717) is 6.04 Å². The average Bonchev–Trinajstić information content (AvgIpc) is 2.86. The Morgan fingerprint density at radius 1 is 1.17 bits per heavy atom. The van der Waals surface area contributed by atoms with E-state index >= 15 is 0 Å². The molecule has 0 radical (unpaired) electrons. The third-order valence-corrected chi connectivity index (χ3v) is 3.13. The Labute approximate surface area is 109 Å². The molecule has 3 nitrogen and oxygen atoms in total. The molecule has 2 rings (SSSR count). The van der Waals surface area contributed by atoms with Crippen molar-refractivity contribution in [1.29, 1.82) is 0 Å². The van der Waals surface area contributed by atoms with Crippen LogP contribution in [0.2, 0.25) is 0 Å². The van der Waals surface area contributed by atoms with Crippen molar-refractivity contribution in [2.75, 3.05) is 0 Å². The van der Waals surface area contributed by atoms with Gasteiger partial charge in [0.05, 0.1) is 5.69 Å². The van der Waals surface area contributed by atoms with E-state index in [2.05, 4.69) is 37.1 Å². The van der Waals surface area contributed by atoms with Crippen LogP contribution in [0, 0.1) is 0 Å². The van der Waals surface area contributed by atoms with E-state index in [-0.39, 0.29) is 6.04 Å². The third-order valence-electron chi connectivity index (χ3n) is 3.13. The quantitative estimate of drug-likeness (QED) is 0.877. The highest BCUT2D eigenvalue weighted by Gasteiger charge is 2.07. The predicted molar refractivity (Wildman–Crippen MR) is 74.3 cm³/mol. The average molecular weight is 243 g/mol. The summed E-state index contributed by atoms with van der Waals surface area (Å²) in [6.45, 7) is 4.26. The van der Waals surface area contributed by atoms with Crippen LogP contribution in [0.15, 0.2) is 42.6 Å². The van der Waals surface area contributed by atoms with Gasteiger partial charge < -0.3 is 5.73 Å². The van der Waals surface area contributed by atoms with E-state index in [1.807, 2.05) is 29.1 Å². The first-order chi connectivity index (χ1) is 8.66. The van der Waals surface area contributed by atoms with E-state index in [0.717, 1.165) is 18.5 Å². The molecule has 18 heavy (non-hydrogen) atoms. The van der Waals surface area contributed by atoms with Gasteiger partial charge in [0.1, 0.15) is 0 Å². The smallest absolute Gasteiger partial charge is 0.0625 e. The third kappa shape index (κ3) is 3.20. The van der Waals surface area contributed by atoms with Crippen molar-refractivity contribution in [3.05, 3.63) is 53.9 Å². The van der Waals surface area contributed by atoms with Crippen molar-refractivity contribution in [3.8, 4) is 0 Å². The molecule has 1 heterocycles. The molecule has 0 aliphatic heterocycles. The fourth-order valence-corrected chi connectivity index (χ4v) is 1.97. The van der Waals surface area contributed by atoms with Gasteiger partial charge in [0.15, 0.2) is 0 Å². The van der Waals surface area contributed by atoms with Crippen molar-refractivity contribution in [2.45, 2.75) is 38.8 Å². The van der Waals surface area contributed by atoms with E-state index in [1.54, 1.807) is 0 Å². The zero-order valence-corrected chi connectivity index (χ0v) is 11.1. The van der Waals surface area contributed by atoms with Crippen LogP contribution < -0.4 is 5.73 Å². The lowest BCUT2D eigenvalue weighted by atomic mass is 10.0. The molecule has 1 unspecified atom stereocenters. The SMILES string of the molecule is CC(C)n1ccc(CCC(N)c2ccccc2)n1. The molecule has 0 saturated heterocycles. The van der Waals surface area contributed by atoms with Crippen molar-refractivity contribution in [1.82, 2.24) is 9.78 Å². The van der Waals surface area contributed by atoms with Crippen molar-refractivity contribution in [3.63, 3.8) is 0 Å². The number of benzene rings is 1. The molecule has 0 aliphatic carbocycles. The molecule has 1 atom stereocenters. The summed E-state index contributed by atoms with van der Waals surface area (Å²) >= 11 is 0. The first-order valence-electron chi connectivity index (χ1n) is 6.51. The van der Waals surface area contributed by atoms with Crippen LogP contribution >= 0.6 is 0 Å². The fraction of sp³-hybridized carbons (Fsp3) is 0.400. The normalized spacial score (nSPS) is 12.9. The highest BCUT2D eigenvalue weighted by Crippen LogP contribution is 2.16. The van der Waals surface area contributed by atoms with Crippen LogP contribution in [-0.2, 0) is 6.42 Å². The predicted octanol–water partition coefficient (Wildman–Crippen LogP) is 3.10. The molecule has 2 N–H and O–H groups in total. The minimum Gasteiger partial charge on any atom is -0.324 e. The highest BCUT2D eigenvalue weighted by atomic mass is 15.3. The summed E-state index contributed by atoms with van der Waals surface area (Å²) in [6.07, 6.45) is 3.89. The van der Waals surface area contributed by atoms with Gasteiger partial charge in [0, 0.05) is 18.3 Å². The van der Waals surface area contributed by atoms with Crippen LogP contribution in [0.4, 0.5) is 0 Å². The number of hydrogen-bond acceptors (Lipinski definition) is 2. The summed E-state index contributed by atoms with van der Waals surface area (Å²) in [5.41, 5.74) is 8.49. The van der Waals surface area contributed by atoms with Gasteiger partial charge >= 0.3 is 0 Å². The van der Waals surface area contributed by atoms with Crippen molar-refractivity contribution >= 4 is 0 Å². The number of aromatic nitrogens is 2. The largest absolute Gasteiger partial charge is 0.324 e. The highest BCUT2D eigenvalue weighted by molar-refractivity contribution is 5.18. The number of nitrogens with two attached hydrogens (primary N) is 1. The monoisotopic (exact) mass is 243 g/mol. The second-order valence-electron chi connectivity index (χ2n) is 4.94. The number of nitrogens with zero attached hydrogens (tertiary/aromatic N) is 2. The van der Waals surface area contributed by atoms with Gasteiger partial charge in [-0.25, -0.2) is 0 Å². The van der Waals surface area contributed by atoms with Gasteiger partial charge in [-0.1, -0.05) is 30.3 Å². The van der Waals surface area contributed by atoms with Gasteiger partial charge in [-0.05, 0) is 38.3 Å². The van der Waals surface area contributed by atoms with Gasteiger partial charge in [-0.2, -0.15) is 5.10 Å². The van der Waals surface area contributed by atoms with Crippen molar-refractivity contribution in [2.24, 2.45) is 5.73 Å². The maximum Gasteiger partial charge on any atom is 0.0625 e. The molecule has 0 bridgehead atoms. The van der Waals surface area contributed by atoms with Crippen LogP contribution in [0.3, 0.4) is 0 Å². The van der Waals surface area contributed by atoms with Crippen LogP contribution in [0.5, 0.6) is 0 Å². The number of aryl methyl sites for hydroxylation is 1. The minimum absolute atomic E-state index is 0.0930. The second kappa shape index (κ2) is 5.83. The van der Waals surface area contributed by atoms with Gasteiger partial charge in [0.2, 0.25) is 0 Å². The molecule has 96 valence electrons. The maximum atomic E-state index is 6.17. The molecule has 0 amide bonds. The Kier molecular flexibility index (Phi) is 4.15. The summed E-state index contributed by atoms with van der Waals surface area (Å²) in [7, 11) is 0. The van der Waals surface area contributed by atoms with Gasteiger partial charge in [-0.3, -0.25) is 4.68 Å². The molecule has 0 fully saturated rings. The molecule has 1 aromatic heterocycles. The molecule has 2 aromatic rings. The fourth-order valence-electron chi connectivity index (χ4n) is 1.97. The van der Waals surface area contributed by atoms with E-state index in [9.17, 15) is 0 Å². The Morgan fingerprint density at radius 3 is 2.50 bits per heavy atom. The van der Waals surface area contributed by atoms with Crippen LogP contribution in [-0.4, -0.2) is 9.78 Å². The number of hydrogen-bond donors (Lipinski definition) is 1. The summed E-state index contributed by atoms with van der Waals surface area (Å²) in [5, 5.41) is 4.54. The summed E-state index contributed by atoms with van der Waals surface area (Å²) < 4.78 is 1.99. The van der Waals surface area contributed by atoms with Gasteiger partial charge in [-0.15, -0.1) is 0 Å². The molecule has 0 saturated carbocycles. The minimum atomic E-state index is 0.0930. The molecule has 0 spiro atoms. The lowest BCUT2D eigenvalue weighted by molar-refractivity contribution is 0.522. The Bertz CT molecular complexity index is 473. The molecule has 3 heteroatoms. The van der Waals surface area contributed by atoms with E-state index < -0.39 is 0 Å². The first-order valence-corrected chi connectivity index (χ1v) is 6.51. The van der Waals surface area contributed by atoms with Crippen LogP contribution in [0.25, 0.3) is 0 Å². The Balaban J connectivity index is 1.91. The Hall–Kier alpha value is -1.61. The molecule has 1 aromatic carbocycles. The summed E-state index contributed by atoms with van der Waals surface area (Å²) in [4.78, 5) is 0. The standard InChI is InChI=1S/C15H21N3/c1-12(2)18-11-10-14(17-18)8-9-15(16)13-6-4-3-5-7-13/h3-7,10-12,15H,8-9,16H2,1-2H3. The molecule has 0 aliphatic rings. The van der Waals surface area contributed by atoms with E-state index in [1.165, 1.54) is 5.56 Å². The first kappa shape index (κ1) is 12.8. The summed E-state index contributed by atoms with van der Waals surface area (Å²) in [5.74, 6) is 0. The second-order valence-corrected chi connectivity index (χ2v) is 4.94. The zero-order valence-electron chi connectivity index (χ0n) is 11.1. The van der Waals surface area contributed by atoms with E-state index in [4.69, 9.17) is 5.73 Å². The van der Waals surface area contributed by atoms with Crippen molar-refractivity contribution < 1.29 is 0 Å². The van der Waals surface area contributed by atoms with Gasteiger partial charge in [0.25, 0.3) is 0 Å². The lowest BCUT2D eigenvalue weighted by Crippen LogP contribution is -2.11. The lowest BCUT2D eigenvalue weighted by Gasteiger charge is -2.10. The Morgan fingerprint density at radius 2 is 1.89 bits per heavy atom.